The first-order valence-corrected chi connectivity index (χ1v) is 6.72. The molecule has 0 aliphatic carbocycles. The van der Waals surface area contributed by atoms with Crippen LogP contribution in [0.1, 0.15) is 15.9 Å². The van der Waals surface area contributed by atoms with E-state index in [9.17, 15) is 4.79 Å². The molecule has 0 radical (unpaired) electrons. The van der Waals surface area contributed by atoms with E-state index in [-0.39, 0.29) is 5.78 Å². The summed E-state index contributed by atoms with van der Waals surface area (Å²) in [6.07, 6.45) is 3.16. The Kier molecular flexibility index (Phi) is 5.01. The number of ether oxygens (including phenoxy) is 2. The highest BCUT2D eigenvalue weighted by Crippen LogP contribution is 2.25. The molecule has 2 aromatic carbocycles. The highest BCUT2D eigenvalue weighted by Gasteiger charge is 2.07. The molecule has 3 nitrogen and oxygen atoms in total. The summed E-state index contributed by atoms with van der Waals surface area (Å²) >= 11 is 6.01. The molecule has 0 spiro atoms. The molecule has 0 N–H and O–H groups in total. The van der Waals surface area contributed by atoms with Gasteiger partial charge in [-0.15, -0.1) is 0 Å². The van der Waals surface area contributed by atoms with Crippen LogP contribution >= 0.6 is 11.6 Å². The third-order valence-corrected chi connectivity index (χ3v) is 3.32. The number of hydrogen-bond acceptors (Lipinski definition) is 3. The van der Waals surface area contributed by atoms with Gasteiger partial charge in [-0.1, -0.05) is 23.7 Å². The number of hydrogen-bond donors (Lipinski definition) is 0. The third kappa shape index (κ3) is 3.64. The average molecular weight is 303 g/mol. The van der Waals surface area contributed by atoms with Crippen LogP contribution in [-0.2, 0) is 0 Å². The number of carbonyl (C=O) groups excluding carboxylic acids is 1. The molecule has 0 saturated heterocycles. The van der Waals surface area contributed by atoms with Crippen molar-refractivity contribution in [3.63, 3.8) is 0 Å². The fraction of sp³-hybridized carbons (Fsp3) is 0.118. The van der Waals surface area contributed by atoms with E-state index in [1.807, 2.05) is 0 Å². The lowest BCUT2D eigenvalue weighted by Gasteiger charge is -2.07. The van der Waals surface area contributed by atoms with Gasteiger partial charge in [0.05, 0.1) is 19.2 Å². The Morgan fingerprint density at radius 1 is 1.10 bits per heavy atom. The van der Waals surface area contributed by atoms with Crippen LogP contribution in [-0.4, -0.2) is 20.0 Å². The molecule has 0 amide bonds. The number of ketones is 1. The fourth-order valence-corrected chi connectivity index (χ4v) is 2.11. The zero-order valence-corrected chi connectivity index (χ0v) is 12.6. The van der Waals surface area contributed by atoms with E-state index in [0.29, 0.717) is 22.1 Å². The maximum absolute atomic E-state index is 12.1. The summed E-state index contributed by atoms with van der Waals surface area (Å²) in [5, 5.41) is 0.435. The van der Waals surface area contributed by atoms with Gasteiger partial charge < -0.3 is 9.47 Å². The quantitative estimate of drug-likeness (QED) is 0.612. The van der Waals surface area contributed by atoms with Crippen LogP contribution < -0.4 is 9.47 Å². The molecule has 0 heterocycles. The third-order valence-electron chi connectivity index (χ3n) is 2.99. The molecule has 0 aliphatic heterocycles. The lowest BCUT2D eigenvalue weighted by molar-refractivity contribution is 0.104. The van der Waals surface area contributed by atoms with E-state index < -0.39 is 0 Å². The van der Waals surface area contributed by atoms with Crippen LogP contribution in [0.5, 0.6) is 11.5 Å². The maximum Gasteiger partial charge on any atom is 0.187 e. The maximum atomic E-state index is 12.1. The lowest BCUT2D eigenvalue weighted by Crippen LogP contribution is -1.95. The molecule has 2 aromatic rings. The number of allylic oxidation sites excluding steroid dienone is 1. The van der Waals surface area contributed by atoms with E-state index in [2.05, 4.69) is 0 Å². The predicted octanol–water partition coefficient (Wildman–Crippen LogP) is 4.25. The normalized spacial score (nSPS) is 10.6. The molecule has 0 aromatic heterocycles. The monoisotopic (exact) mass is 302 g/mol. The molecular formula is C17H15ClO3. The molecule has 108 valence electrons. The van der Waals surface area contributed by atoms with Crippen molar-refractivity contribution in [3.05, 3.63) is 64.7 Å². The second kappa shape index (κ2) is 6.95. The van der Waals surface area contributed by atoms with E-state index in [1.54, 1.807) is 62.8 Å². The van der Waals surface area contributed by atoms with Crippen molar-refractivity contribution in [3.8, 4) is 11.5 Å². The molecule has 0 saturated carbocycles. The predicted molar refractivity (Wildman–Crippen MR) is 84.4 cm³/mol. The standard InChI is InChI=1S/C17H15ClO3/c1-20-13-8-10-17(21-2)12(11-13)7-9-16(19)14-5-3-4-6-15(14)18/h3-11H,1-2H3/b9-7+. The van der Waals surface area contributed by atoms with Gasteiger partial charge in [-0.2, -0.15) is 0 Å². The van der Waals surface area contributed by atoms with Gasteiger partial charge in [-0.05, 0) is 42.5 Å². The Balaban J connectivity index is 2.29. The molecule has 0 aliphatic rings. The van der Waals surface area contributed by atoms with Gasteiger partial charge in [0.1, 0.15) is 11.5 Å². The molecule has 21 heavy (non-hydrogen) atoms. The second-order valence-electron chi connectivity index (χ2n) is 4.29. The molecule has 4 heteroatoms. The first-order valence-electron chi connectivity index (χ1n) is 6.34. The van der Waals surface area contributed by atoms with Crippen molar-refractivity contribution in [1.29, 1.82) is 0 Å². The summed E-state index contributed by atoms with van der Waals surface area (Å²) in [7, 11) is 3.17. The van der Waals surface area contributed by atoms with Crippen molar-refractivity contribution >= 4 is 23.5 Å². The minimum atomic E-state index is -0.162. The van der Waals surface area contributed by atoms with Gasteiger partial charge in [0.2, 0.25) is 0 Å². The molecule has 2 rings (SSSR count). The summed E-state index contributed by atoms with van der Waals surface area (Å²) in [4.78, 5) is 12.1. The first kappa shape index (κ1) is 15.1. The summed E-state index contributed by atoms with van der Waals surface area (Å²) in [6, 6.07) is 12.3. The molecule has 0 bridgehead atoms. The molecule has 0 unspecified atom stereocenters. The van der Waals surface area contributed by atoms with Crippen molar-refractivity contribution in [2.75, 3.05) is 14.2 Å². The molecule has 0 fully saturated rings. The van der Waals surface area contributed by atoms with Crippen molar-refractivity contribution in [2.24, 2.45) is 0 Å². The molecule has 0 atom stereocenters. The summed E-state index contributed by atoms with van der Waals surface area (Å²) < 4.78 is 10.4. The van der Waals surface area contributed by atoms with E-state index in [1.165, 1.54) is 6.08 Å². The topological polar surface area (TPSA) is 35.5 Å². The zero-order valence-electron chi connectivity index (χ0n) is 11.8. The smallest absolute Gasteiger partial charge is 0.187 e. The number of benzene rings is 2. The van der Waals surface area contributed by atoms with E-state index in [4.69, 9.17) is 21.1 Å². The van der Waals surface area contributed by atoms with Crippen LogP contribution in [0.4, 0.5) is 0 Å². The number of halogens is 1. The fourth-order valence-electron chi connectivity index (χ4n) is 1.89. The van der Waals surface area contributed by atoms with Crippen molar-refractivity contribution < 1.29 is 14.3 Å². The van der Waals surface area contributed by atoms with Gasteiger partial charge in [-0.25, -0.2) is 0 Å². The Bertz CT molecular complexity index is 677. The highest BCUT2D eigenvalue weighted by atomic mass is 35.5. The van der Waals surface area contributed by atoms with Crippen LogP contribution in [0, 0.1) is 0 Å². The molecular weight excluding hydrogens is 288 g/mol. The Labute approximate surface area is 128 Å². The second-order valence-corrected chi connectivity index (χ2v) is 4.69. The van der Waals surface area contributed by atoms with Crippen LogP contribution in [0.2, 0.25) is 5.02 Å². The van der Waals surface area contributed by atoms with Gasteiger partial charge in [-0.3, -0.25) is 4.79 Å². The largest absolute Gasteiger partial charge is 0.497 e. The highest BCUT2D eigenvalue weighted by molar-refractivity contribution is 6.34. The SMILES string of the molecule is COc1ccc(OC)c(/C=C/C(=O)c2ccccc2Cl)c1. The van der Waals surface area contributed by atoms with Crippen LogP contribution in [0.15, 0.2) is 48.5 Å². The Hall–Kier alpha value is -2.26. The minimum absolute atomic E-state index is 0.162. The van der Waals surface area contributed by atoms with Gasteiger partial charge >= 0.3 is 0 Å². The van der Waals surface area contributed by atoms with Gasteiger partial charge in [0, 0.05) is 11.1 Å². The number of carbonyl (C=O) groups is 1. The zero-order chi connectivity index (χ0) is 15.2. The Morgan fingerprint density at radius 2 is 1.86 bits per heavy atom. The minimum Gasteiger partial charge on any atom is -0.497 e. The number of methoxy groups -OCH3 is 2. The van der Waals surface area contributed by atoms with Crippen molar-refractivity contribution in [2.45, 2.75) is 0 Å². The van der Waals surface area contributed by atoms with E-state index in [0.717, 1.165) is 5.56 Å². The summed E-state index contributed by atoms with van der Waals surface area (Å²) in [5.41, 5.74) is 1.23. The van der Waals surface area contributed by atoms with Crippen molar-refractivity contribution in [1.82, 2.24) is 0 Å². The van der Waals surface area contributed by atoms with E-state index >= 15 is 0 Å². The first-order chi connectivity index (χ1) is 10.2. The summed E-state index contributed by atoms with van der Waals surface area (Å²) in [5.74, 6) is 1.20. The number of rotatable bonds is 5. The Morgan fingerprint density at radius 3 is 2.52 bits per heavy atom. The average Bonchev–Trinajstić information content (AvgIpc) is 2.52. The summed E-state index contributed by atoms with van der Waals surface area (Å²) in [6.45, 7) is 0. The van der Waals surface area contributed by atoms with Gasteiger partial charge in [0.25, 0.3) is 0 Å². The lowest BCUT2D eigenvalue weighted by atomic mass is 10.1. The van der Waals surface area contributed by atoms with Gasteiger partial charge in [0.15, 0.2) is 5.78 Å². The van der Waals surface area contributed by atoms with Crippen LogP contribution in [0.25, 0.3) is 6.08 Å². The van der Waals surface area contributed by atoms with Crippen LogP contribution in [0.3, 0.4) is 0 Å².